The molecule has 1 aromatic heterocycles. The number of fused-ring (bicyclic) bond motifs is 1. The molecule has 3 rings (SSSR count). The lowest BCUT2D eigenvalue weighted by Crippen LogP contribution is -2.01. The number of nitrogens with two attached hydrogens (primary N) is 1. The molecule has 0 unspecified atom stereocenters. The summed E-state index contributed by atoms with van der Waals surface area (Å²) in [6, 6.07) is 13.7. The monoisotopic (exact) mass is 345 g/mol. The first kappa shape index (κ1) is 13.9. The summed E-state index contributed by atoms with van der Waals surface area (Å²) in [5.74, 6) is 0.727. The Hall–Kier alpha value is -2.01. The summed E-state index contributed by atoms with van der Waals surface area (Å²) in [6.07, 6.45) is 0. The number of aryl methyl sites for hydroxylation is 1. The van der Waals surface area contributed by atoms with E-state index in [1.165, 1.54) is 0 Å². The van der Waals surface area contributed by atoms with Crippen LogP contribution in [-0.2, 0) is 13.2 Å². The van der Waals surface area contributed by atoms with Crippen LogP contribution in [0.15, 0.2) is 46.9 Å². The summed E-state index contributed by atoms with van der Waals surface area (Å²) < 4.78 is 8.74. The summed E-state index contributed by atoms with van der Waals surface area (Å²) in [5.41, 5.74) is 8.53. The number of ether oxygens (including phenoxy) is 1. The number of nitrogen functional groups attached to an aromatic ring is 1. The molecular weight excluding hydrogens is 330 g/mol. The zero-order valence-electron chi connectivity index (χ0n) is 11.7. The number of benzene rings is 2. The first-order valence-corrected chi connectivity index (χ1v) is 7.60. The lowest BCUT2D eigenvalue weighted by atomic mass is 10.2. The smallest absolute Gasteiger partial charge is 0.136 e. The van der Waals surface area contributed by atoms with E-state index in [4.69, 9.17) is 10.5 Å². The van der Waals surface area contributed by atoms with Gasteiger partial charge in [-0.2, -0.15) is 5.10 Å². The van der Waals surface area contributed by atoms with Gasteiger partial charge in [-0.1, -0.05) is 18.2 Å². The molecule has 2 aromatic carbocycles. The predicted molar refractivity (Wildman–Crippen MR) is 88.3 cm³/mol. The molecule has 3 aromatic rings. The summed E-state index contributed by atoms with van der Waals surface area (Å²) >= 11 is 3.47. The summed E-state index contributed by atoms with van der Waals surface area (Å²) in [5, 5.41) is 5.74. The second-order valence-corrected chi connectivity index (χ2v) is 5.61. The molecule has 0 saturated heterocycles. The Morgan fingerprint density at radius 3 is 2.86 bits per heavy atom. The second-order valence-electron chi connectivity index (χ2n) is 4.76. The van der Waals surface area contributed by atoms with Gasteiger partial charge in [0.2, 0.25) is 0 Å². The van der Waals surface area contributed by atoms with E-state index in [1.807, 2.05) is 35.0 Å². The maximum absolute atomic E-state index is 5.87. The van der Waals surface area contributed by atoms with Gasteiger partial charge >= 0.3 is 0 Å². The molecule has 0 atom stereocenters. The Morgan fingerprint density at radius 1 is 1.24 bits per heavy atom. The SMILES string of the molecule is CCn1nc(COc2cc(N)ccc2Br)c2ccccc21. The zero-order valence-corrected chi connectivity index (χ0v) is 13.3. The molecule has 0 fully saturated rings. The molecule has 0 aliphatic rings. The third-order valence-electron chi connectivity index (χ3n) is 3.35. The standard InChI is InChI=1S/C16H16BrN3O/c1-2-20-15-6-4-3-5-12(15)14(19-20)10-21-16-9-11(18)7-8-13(16)17/h3-9H,2,10,18H2,1H3. The van der Waals surface area contributed by atoms with Crippen LogP contribution < -0.4 is 10.5 Å². The van der Waals surface area contributed by atoms with Crippen molar-refractivity contribution in [3.63, 3.8) is 0 Å². The maximum atomic E-state index is 5.87. The average molecular weight is 346 g/mol. The van der Waals surface area contributed by atoms with E-state index in [-0.39, 0.29) is 0 Å². The zero-order chi connectivity index (χ0) is 14.8. The van der Waals surface area contributed by atoms with Crippen LogP contribution in [0.4, 0.5) is 5.69 Å². The third kappa shape index (κ3) is 2.74. The van der Waals surface area contributed by atoms with Gasteiger partial charge in [-0.25, -0.2) is 0 Å². The summed E-state index contributed by atoms with van der Waals surface area (Å²) in [4.78, 5) is 0. The van der Waals surface area contributed by atoms with Crippen molar-refractivity contribution in [3.8, 4) is 5.75 Å². The highest BCUT2D eigenvalue weighted by molar-refractivity contribution is 9.10. The molecule has 0 radical (unpaired) electrons. The van der Waals surface area contributed by atoms with E-state index in [0.717, 1.165) is 33.4 Å². The molecular formula is C16H16BrN3O. The fourth-order valence-electron chi connectivity index (χ4n) is 2.32. The molecule has 0 aliphatic carbocycles. The Labute approximate surface area is 131 Å². The van der Waals surface area contributed by atoms with Crippen LogP contribution in [0.1, 0.15) is 12.6 Å². The van der Waals surface area contributed by atoms with Crippen molar-refractivity contribution in [1.29, 1.82) is 0 Å². The van der Waals surface area contributed by atoms with Gasteiger partial charge < -0.3 is 10.5 Å². The Balaban J connectivity index is 1.90. The number of anilines is 1. The van der Waals surface area contributed by atoms with Crippen LogP contribution in [0.2, 0.25) is 0 Å². The second kappa shape index (κ2) is 5.77. The van der Waals surface area contributed by atoms with Crippen molar-refractivity contribution >= 4 is 32.5 Å². The molecule has 4 nitrogen and oxygen atoms in total. The van der Waals surface area contributed by atoms with E-state index in [2.05, 4.69) is 40.1 Å². The lowest BCUT2D eigenvalue weighted by molar-refractivity contribution is 0.299. The first-order valence-electron chi connectivity index (χ1n) is 6.81. The van der Waals surface area contributed by atoms with Crippen LogP contribution in [0.3, 0.4) is 0 Å². The molecule has 108 valence electrons. The van der Waals surface area contributed by atoms with Crippen LogP contribution in [0.25, 0.3) is 10.9 Å². The highest BCUT2D eigenvalue weighted by Crippen LogP contribution is 2.28. The van der Waals surface area contributed by atoms with Crippen LogP contribution in [0, 0.1) is 0 Å². The minimum Gasteiger partial charge on any atom is -0.486 e. The summed E-state index contributed by atoms with van der Waals surface area (Å²) in [7, 11) is 0. The number of hydrogen-bond donors (Lipinski definition) is 1. The van der Waals surface area contributed by atoms with E-state index < -0.39 is 0 Å². The minimum atomic E-state index is 0.412. The molecule has 21 heavy (non-hydrogen) atoms. The molecule has 0 saturated carbocycles. The molecule has 1 heterocycles. The van der Waals surface area contributed by atoms with Gasteiger partial charge in [0.25, 0.3) is 0 Å². The number of para-hydroxylation sites is 1. The minimum absolute atomic E-state index is 0.412. The van der Waals surface area contributed by atoms with Gasteiger partial charge in [0.15, 0.2) is 0 Å². The average Bonchev–Trinajstić information content (AvgIpc) is 2.86. The maximum Gasteiger partial charge on any atom is 0.136 e. The Morgan fingerprint density at radius 2 is 2.05 bits per heavy atom. The van der Waals surface area contributed by atoms with Gasteiger partial charge in [0.1, 0.15) is 18.1 Å². The van der Waals surface area contributed by atoms with Gasteiger partial charge in [-0.15, -0.1) is 0 Å². The quantitative estimate of drug-likeness (QED) is 0.727. The van der Waals surface area contributed by atoms with E-state index in [0.29, 0.717) is 12.3 Å². The Bertz CT molecular complexity index is 782. The molecule has 0 amide bonds. The van der Waals surface area contributed by atoms with Crippen molar-refractivity contribution < 1.29 is 4.74 Å². The van der Waals surface area contributed by atoms with Crippen molar-refractivity contribution in [2.75, 3.05) is 5.73 Å². The van der Waals surface area contributed by atoms with Crippen LogP contribution >= 0.6 is 15.9 Å². The third-order valence-corrected chi connectivity index (χ3v) is 4.01. The molecule has 0 spiro atoms. The lowest BCUT2D eigenvalue weighted by Gasteiger charge is -2.07. The van der Waals surface area contributed by atoms with Crippen LogP contribution in [-0.4, -0.2) is 9.78 Å². The van der Waals surface area contributed by atoms with Crippen molar-refractivity contribution in [3.05, 3.63) is 52.6 Å². The summed E-state index contributed by atoms with van der Waals surface area (Å²) in [6.45, 7) is 3.33. The highest BCUT2D eigenvalue weighted by atomic mass is 79.9. The van der Waals surface area contributed by atoms with E-state index >= 15 is 0 Å². The number of halogens is 1. The van der Waals surface area contributed by atoms with Crippen LogP contribution in [0.5, 0.6) is 5.75 Å². The van der Waals surface area contributed by atoms with Crippen molar-refractivity contribution in [1.82, 2.24) is 9.78 Å². The van der Waals surface area contributed by atoms with Crippen molar-refractivity contribution in [2.24, 2.45) is 0 Å². The molecule has 5 heteroatoms. The fourth-order valence-corrected chi connectivity index (χ4v) is 2.68. The molecule has 2 N–H and O–H groups in total. The van der Waals surface area contributed by atoms with Gasteiger partial charge in [-0.05, 0) is 41.1 Å². The number of aromatic nitrogens is 2. The largest absolute Gasteiger partial charge is 0.486 e. The number of hydrogen-bond acceptors (Lipinski definition) is 3. The predicted octanol–water partition coefficient (Wildman–Crippen LogP) is 3.98. The first-order chi connectivity index (χ1) is 10.2. The van der Waals surface area contributed by atoms with Gasteiger partial charge in [-0.3, -0.25) is 4.68 Å². The topological polar surface area (TPSA) is 53.1 Å². The fraction of sp³-hybridized carbons (Fsp3) is 0.188. The number of nitrogens with zero attached hydrogens (tertiary/aromatic N) is 2. The van der Waals surface area contributed by atoms with Crippen molar-refractivity contribution in [2.45, 2.75) is 20.1 Å². The Kier molecular flexibility index (Phi) is 3.84. The molecule has 0 aliphatic heterocycles. The van der Waals surface area contributed by atoms with Gasteiger partial charge in [0, 0.05) is 23.7 Å². The highest BCUT2D eigenvalue weighted by Gasteiger charge is 2.10. The number of rotatable bonds is 4. The molecule has 0 bridgehead atoms. The van der Waals surface area contributed by atoms with Gasteiger partial charge in [0.05, 0.1) is 9.99 Å². The van der Waals surface area contributed by atoms with E-state index in [9.17, 15) is 0 Å². The van der Waals surface area contributed by atoms with E-state index in [1.54, 1.807) is 0 Å². The normalized spacial score (nSPS) is 11.0.